The standard InChI is InChI=1S/C11H21NO4/c1-5-7-12(8-10(13)16-6-2)9-11(14-3)15-4/h5,11H,1,6-9H2,2-4H3. The van der Waals surface area contributed by atoms with Crippen molar-refractivity contribution in [1.82, 2.24) is 4.90 Å². The molecule has 0 saturated heterocycles. The molecule has 0 unspecified atom stereocenters. The van der Waals surface area contributed by atoms with Crippen LogP contribution in [0.1, 0.15) is 6.92 Å². The topological polar surface area (TPSA) is 48.0 Å². The van der Waals surface area contributed by atoms with Gasteiger partial charge in [0.25, 0.3) is 0 Å². The molecule has 5 nitrogen and oxygen atoms in total. The number of rotatable bonds is 9. The second-order valence-electron chi connectivity index (χ2n) is 3.19. The zero-order chi connectivity index (χ0) is 12.4. The average molecular weight is 231 g/mol. The average Bonchev–Trinajstić information content (AvgIpc) is 2.26. The van der Waals surface area contributed by atoms with Crippen LogP contribution in [-0.2, 0) is 19.0 Å². The van der Waals surface area contributed by atoms with Gasteiger partial charge in [0.15, 0.2) is 6.29 Å². The molecular formula is C11H21NO4. The molecule has 0 N–H and O–H groups in total. The first kappa shape index (κ1) is 15.1. The van der Waals surface area contributed by atoms with E-state index in [1.807, 2.05) is 4.90 Å². The van der Waals surface area contributed by atoms with Crippen LogP contribution in [0.25, 0.3) is 0 Å². The monoisotopic (exact) mass is 231 g/mol. The Hall–Kier alpha value is -0.910. The molecule has 0 aliphatic carbocycles. The third-order valence-electron chi connectivity index (χ3n) is 1.98. The van der Waals surface area contributed by atoms with Crippen LogP contribution in [0.15, 0.2) is 12.7 Å². The van der Waals surface area contributed by atoms with Gasteiger partial charge in [0, 0.05) is 20.8 Å². The van der Waals surface area contributed by atoms with Crippen LogP contribution >= 0.6 is 0 Å². The summed E-state index contributed by atoms with van der Waals surface area (Å²) in [6.45, 7) is 7.10. The van der Waals surface area contributed by atoms with Crippen LogP contribution in [0.5, 0.6) is 0 Å². The first-order valence-electron chi connectivity index (χ1n) is 5.22. The number of ether oxygens (including phenoxy) is 3. The zero-order valence-electron chi connectivity index (χ0n) is 10.3. The minimum atomic E-state index is -0.352. The van der Waals surface area contributed by atoms with Gasteiger partial charge in [0.1, 0.15) is 0 Å². The molecule has 0 aromatic rings. The molecule has 0 radical (unpaired) electrons. The molecular weight excluding hydrogens is 210 g/mol. The van der Waals surface area contributed by atoms with E-state index in [1.54, 1.807) is 27.2 Å². The Labute approximate surface area is 97.0 Å². The molecule has 0 aromatic carbocycles. The molecule has 0 bridgehead atoms. The predicted molar refractivity (Wildman–Crippen MR) is 61.1 cm³/mol. The quantitative estimate of drug-likeness (QED) is 0.331. The Morgan fingerprint density at radius 1 is 1.44 bits per heavy atom. The van der Waals surface area contributed by atoms with Crippen LogP contribution in [0.3, 0.4) is 0 Å². The summed E-state index contributed by atoms with van der Waals surface area (Å²) in [6, 6.07) is 0. The highest BCUT2D eigenvalue weighted by Crippen LogP contribution is 1.98. The van der Waals surface area contributed by atoms with Crippen LogP contribution in [0.2, 0.25) is 0 Å². The summed E-state index contributed by atoms with van der Waals surface area (Å²) in [4.78, 5) is 13.2. The molecule has 0 fully saturated rings. The van der Waals surface area contributed by atoms with Gasteiger partial charge in [-0.3, -0.25) is 9.69 Å². The SMILES string of the molecule is C=CCN(CC(=O)OCC)CC(OC)OC. The number of methoxy groups -OCH3 is 2. The van der Waals surface area contributed by atoms with Gasteiger partial charge in [0.05, 0.1) is 19.7 Å². The van der Waals surface area contributed by atoms with Gasteiger partial charge in [-0.2, -0.15) is 0 Å². The first-order valence-corrected chi connectivity index (χ1v) is 5.22. The largest absolute Gasteiger partial charge is 0.465 e. The van der Waals surface area contributed by atoms with E-state index in [-0.39, 0.29) is 18.8 Å². The Balaban J connectivity index is 4.14. The molecule has 0 atom stereocenters. The van der Waals surface area contributed by atoms with E-state index < -0.39 is 0 Å². The molecule has 0 amide bonds. The maximum atomic E-state index is 11.3. The molecule has 5 heteroatoms. The lowest BCUT2D eigenvalue weighted by atomic mass is 10.4. The van der Waals surface area contributed by atoms with E-state index >= 15 is 0 Å². The van der Waals surface area contributed by atoms with Crippen molar-refractivity contribution in [2.45, 2.75) is 13.2 Å². The van der Waals surface area contributed by atoms with Crippen molar-refractivity contribution in [3.63, 3.8) is 0 Å². The third-order valence-corrected chi connectivity index (χ3v) is 1.98. The number of nitrogens with zero attached hydrogens (tertiary/aromatic N) is 1. The lowest BCUT2D eigenvalue weighted by Crippen LogP contribution is -2.38. The van der Waals surface area contributed by atoms with Crippen LogP contribution in [0, 0.1) is 0 Å². The summed E-state index contributed by atoms with van der Waals surface area (Å²) < 4.78 is 15.0. The molecule has 0 rings (SSSR count). The summed E-state index contributed by atoms with van der Waals surface area (Å²) >= 11 is 0. The summed E-state index contributed by atoms with van der Waals surface area (Å²) in [5.41, 5.74) is 0. The second-order valence-corrected chi connectivity index (χ2v) is 3.19. The van der Waals surface area contributed by atoms with Crippen molar-refractivity contribution >= 4 is 5.97 Å². The summed E-state index contributed by atoms with van der Waals surface area (Å²) in [7, 11) is 3.12. The fourth-order valence-electron chi connectivity index (χ4n) is 1.23. The summed E-state index contributed by atoms with van der Waals surface area (Å²) in [5, 5.41) is 0. The van der Waals surface area contributed by atoms with Crippen LogP contribution < -0.4 is 0 Å². The molecule has 0 aromatic heterocycles. The molecule has 0 aliphatic rings. The third kappa shape index (κ3) is 6.55. The number of hydrogen-bond acceptors (Lipinski definition) is 5. The van der Waals surface area contributed by atoms with E-state index in [9.17, 15) is 4.79 Å². The molecule has 16 heavy (non-hydrogen) atoms. The molecule has 0 aliphatic heterocycles. The Morgan fingerprint density at radius 2 is 2.06 bits per heavy atom. The molecule has 0 spiro atoms. The van der Waals surface area contributed by atoms with Crippen LogP contribution in [0.4, 0.5) is 0 Å². The normalized spacial score (nSPS) is 10.8. The zero-order valence-corrected chi connectivity index (χ0v) is 10.3. The maximum Gasteiger partial charge on any atom is 0.320 e. The molecule has 0 saturated carbocycles. The predicted octanol–water partition coefficient (Wildman–Crippen LogP) is 0.656. The van der Waals surface area contributed by atoms with E-state index in [0.717, 1.165) is 0 Å². The second kappa shape index (κ2) is 9.33. The van der Waals surface area contributed by atoms with Crippen molar-refractivity contribution in [2.75, 3.05) is 40.5 Å². The van der Waals surface area contributed by atoms with Crippen LogP contribution in [-0.4, -0.2) is 57.6 Å². The van der Waals surface area contributed by atoms with Crippen molar-refractivity contribution in [3.8, 4) is 0 Å². The van der Waals surface area contributed by atoms with E-state index in [1.165, 1.54) is 0 Å². The number of carbonyl (C=O) groups is 1. The smallest absolute Gasteiger partial charge is 0.320 e. The van der Waals surface area contributed by atoms with Crippen molar-refractivity contribution in [2.24, 2.45) is 0 Å². The van der Waals surface area contributed by atoms with Crippen molar-refractivity contribution in [1.29, 1.82) is 0 Å². The van der Waals surface area contributed by atoms with E-state index in [2.05, 4.69) is 6.58 Å². The molecule has 94 valence electrons. The fourth-order valence-corrected chi connectivity index (χ4v) is 1.23. The fraction of sp³-hybridized carbons (Fsp3) is 0.727. The van der Waals surface area contributed by atoms with Gasteiger partial charge >= 0.3 is 5.97 Å². The minimum absolute atomic E-state index is 0.211. The van der Waals surface area contributed by atoms with E-state index in [4.69, 9.17) is 14.2 Å². The van der Waals surface area contributed by atoms with Gasteiger partial charge in [0.2, 0.25) is 0 Å². The van der Waals surface area contributed by atoms with Gasteiger partial charge in [-0.15, -0.1) is 6.58 Å². The highest BCUT2D eigenvalue weighted by Gasteiger charge is 2.15. The Morgan fingerprint density at radius 3 is 2.50 bits per heavy atom. The Kier molecular flexibility index (Phi) is 8.80. The number of hydrogen-bond donors (Lipinski definition) is 0. The lowest BCUT2D eigenvalue weighted by molar-refractivity contribution is -0.147. The lowest BCUT2D eigenvalue weighted by Gasteiger charge is -2.23. The van der Waals surface area contributed by atoms with Gasteiger partial charge in [-0.05, 0) is 6.92 Å². The minimum Gasteiger partial charge on any atom is -0.465 e. The summed E-state index contributed by atoms with van der Waals surface area (Å²) in [6.07, 6.45) is 1.37. The van der Waals surface area contributed by atoms with E-state index in [0.29, 0.717) is 19.7 Å². The number of esters is 1. The Bertz CT molecular complexity index is 204. The summed E-state index contributed by atoms with van der Waals surface area (Å²) in [5.74, 6) is -0.254. The van der Waals surface area contributed by atoms with Gasteiger partial charge in [-0.1, -0.05) is 6.08 Å². The van der Waals surface area contributed by atoms with Crippen molar-refractivity contribution in [3.05, 3.63) is 12.7 Å². The first-order chi connectivity index (χ1) is 7.67. The highest BCUT2D eigenvalue weighted by molar-refractivity contribution is 5.71. The number of carbonyl (C=O) groups excluding carboxylic acids is 1. The van der Waals surface area contributed by atoms with Crippen molar-refractivity contribution < 1.29 is 19.0 Å². The maximum absolute atomic E-state index is 11.3. The highest BCUT2D eigenvalue weighted by atomic mass is 16.7. The van der Waals surface area contributed by atoms with Gasteiger partial charge in [-0.25, -0.2) is 0 Å². The molecule has 0 heterocycles. The van der Waals surface area contributed by atoms with Gasteiger partial charge < -0.3 is 14.2 Å².